The van der Waals surface area contributed by atoms with Crippen molar-refractivity contribution in [2.45, 2.75) is 84.5 Å². The largest absolute Gasteiger partial charge is 0.0804 e. The number of allylic oxidation sites excluding steroid dienone is 4. The molecule has 6 rings (SSSR count). The highest BCUT2D eigenvalue weighted by molar-refractivity contribution is 5.82. The molecule has 0 spiro atoms. The van der Waals surface area contributed by atoms with E-state index in [0.717, 1.165) is 12.8 Å². The van der Waals surface area contributed by atoms with Crippen molar-refractivity contribution in [3.63, 3.8) is 0 Å². The van der Waals surface area contributed by atoms with Crippen LogP contribution in [0.4, 0.5) is 0 Å². The Kier molecular flexibility index (Phi) is 6.53. The van der Waals surface area contributed by atoms with Gasteiger partial charge in [-0.3, -0.25) is 0 Å². The van der Waals surface area contributed by atoms with E-state index in [1.807, 2.05) is 0 Å². The van der Waals surface area contributed by atoms with Gasteiger partial charge in [-0.1, -0.05) is 150 Å². The fraction of sp³-hybridized carbons (Fsp3) is 0.317. The van der Waals surface area contributed by atoms with Crippen molar-refractivity contribution < 1.29 is 0 Å². The Morgan fingerprint density at radius 1 is 0.561 bits per heavy atom. The topological polar surface area (TPSA) is 0 Å². The SMILES string of the molecule is Cc1ccc(C(C2=CC=CC2)(c2ccc(C)cc2)c2cc(C(C)(C)C)cc3c2Cc2ccc(C(C)(C)C)cc2-3)cc1. The molecule has 0 aromatic heterocycles. The zero-order valence-corrected chi connectivity index (χ0v) is 26.2. The first kappa shape index (κ1) is 27.5. The lowest BCUT2D eigenvalue weighted by Gasteiger charge is -2.40. The molecule has 2 aliphatic carbocycles. The summed E-state index contributed by atoms with van der Waals surface area (Å²) in [7, 11) is 0. The quantitative estimate of drug-likeness (QED) is 0.200. The van der Waals surface area contributed by atoms with Crippen LogP contribution in [0.1, 0.15) is 98.0 Å². The molecule has 208 valence electrons. The van der Waals surface area contributed by atoms with Gasteiger partial charge in [-0.2, -0.15) is 0 Å². The van der Waals surface area contributed by atoms with E-state index >= 15 is 0 Å². The van der Waals surface area contributed by atoms with E-state index in [4.69, 9.17) is 0 Å². The third-order valence-electron chi connectivity index (χ3n) is 9.38. The second-order valence-electron chi connectivity index (χ2n) is 14.4. The standard InChI is InChI=1S/C41H44/c1-27-13-18-31(19-14-27)41(30-11-9-10-12-30,32-20-15-28(2)16-21-32)38-26-34(40(6,7)8)25-36-35-24-33(39(3,4)5)22-17-29(35)23-37(36)38/h9-11,13-22,24-26H,12,23H2,1-8H3. The van der Waals surface area contributed by atoms with Crippen LogP contribution >= 0.6 is 0 Å². The van der Waals surface area contributed by atoms with E-state index in [1.165, 1.54) is 66.8 Å². The van der Waals surface area contributed by atoms with Gasteiger partial charge in [-0.15, -0.1) is 0 Å². The summed E-state index contributed by atoms with van der Waals surface area (Å²) in [6, 6.07) is 31.0. The van der Waals surface area contributed by atoms with Gasteiger partial charge in [0.15, 0.2) is 0 Å². The Balaban J connectivity index is 1.75. The first-order valence-electron chi connectivity index (χ1n) is 15.2. The van der Waals surface area contributed by atoms with Crippen molar-refractivity contribution in [3.8, 4) is 11.1 Å². The number of hydrogen-bond donors (Lipinski definition) is 0. The van der Waals surface area contributed by atoms with Crippen LogP contribution < -0.4 is 0 Å². The third-order valence-corrected chi connectivity index (χ3v) is 9.38. The van der Waals surface area contributed by atoms with Gasteiger partial charge in [0.2, 0.25) is 0 Å². The molecule has 0 unspecified atom stereocenters. The molecule has 0 radical (unpaired) electrons. The Labute approximate surface area is 247 Å². The normalized spacial score (nSPS) is 14.7. The maximum absolute atomic E-state index is 2.56. The van der Waals surface area contributed by atoms with Gasteiger partial charge < -0.3 is 0 Å². The molecule has 0 aliphatic heterocycles. The molecule has 0 nitrogen and oxygen atoms in total. The minimum Gasteiger partial charge on any atom is -0.0804 e. The fourth-order valence-electron chi connectivity index (χ4n) is 6.86. The van der Waals surface area contributed by atoms with Crippen LogP contribution in [0.25, 0.3) is 11.1 Å². The molecule has 0 amide bonds. The zero-order chi connectivity index (χ0) is 29.2. The number of aryl methyl sites for hydroxylation is 2. The zero-order valence-electron chi connectivity index (χ0n) is 26.2. The van der Waals surface area contributed by atoms with Gasteiger partial charge in [0.05, 0.1) is 5.41 Å². The smallest absolute Gasteiger partial charge is 0.0670 e. The minimum absolute atomic E-state index is 0.0166. The van der Waals surface area contributed by atoms with Crippen LogP contribution in [-0.2, 0) is 22.7 Å². The first-order valence-corrected chi connectivity index (χ1v) is 15.2. The van der Waals surface area contributed by atoms with Crippen molar-refractivity contribution in [2.75, 3.05) is 0 Å². The summed E-state index contributed by atoms with van der Waals surface area (Å²) in [5.74, 6) is 0. The summed E-state index contributed by atoms with van der Waals surface area (Å²) in [4.78, 5) is 0. The Morgan fingerprint density at radius 3 is 1.61 bits per heavy atom. The van der Waals surface area contributed by atoms with Crippen LogP contribution in [0.5, 0.6) is 0 Å². The van der Waals surface area contributed by atoms with Gasteiger partial charge in [-0.05, 0) is 93.2 Å². The molecular formula is C41H44. The second kappa shape index (κ2) is 9.73. The lowest BCUT2D eigenvalue weighted by atomic mass is 9.62. The van der Waals surface area contributed by atoms with Crippen molar-refractivity contribution in [1.82, 2.24) is 0 Å². The van der Waals surface area contributed by atoms with E-state index < -0.39 is 0 Å². The highest BCUT2D eigenvalue weighted by Crippen LogP contribution is 2.53. The molecule has 2 aliphatic rings. The molecule has 41 heavy (non-hydrogen) atoms. The monoisotopic (exact) mass is 536 g/mol. The first-order chi connectivity index (χ1) is 19.4. The number of hydrogen-bond acceptors (Lipinski definition) is 0. The molecule has 0 atom stereocenters. The van der Waals surface area contributed by atoms with Crippen LogP contribution in [0.2, 0.25) is 0 Å². The molecule has 0 N–H and O–H groups in total. The summed E-state index contributed by atoms with van der Waals surface area (Å²) >= 11 is 0. The minimum atomic E-state index is -0.384. The van der Waals surface area contributed by atoms with Gasteiger partial charge in [0.25, 0.3) is 0 Å². The predicted molar refractivity (Wildman–Crippen MR) is 176 cm³/mol. The molecule has 0 bridgehead atoms. The maximum Gasteiger partial charge on any atom is 0.0670 e. The van der Waals surface area contributed by atoms with E-state index in [-0.39, 0.29) is 16.2 Å². The van der Waals surface area contributed by atoms with Gasteiger partial charge in [-0.25, -0.2) is 0 Å². The average molecular weight is 537 g/mol. The van der Waals surface area contributed by atoms with E-state index in [1.54, 1.807) is 0 Å². The highest BCUT2D eigenvalue weighted by atomic mass is 14.5. The Morgan fingerprint density at radius 2 is 1.10 bits per heavy atom. The van der Waals surface area contributed by atoms with Crippen molar-refractivity contribution in [3.05, 3.63) is 153 Å². The second-order valence-corrected chi connectivity index (χ2v) is 14.4. The van der Waals surface area contributed by atoms with E-state index in [9.17, 15) is 0 Å². The number of fused-ring (bicyclic) bond motifs is 3. The summed E-state index contributed by atoms with van der Waals surface area (Å²) in [6.45, 7) is 18.4. The molecular weight excluding hydrogens is 492 g/mol. The van der Waals surface area contributed by atoms with Crippen molar-refractivity contribution in [2.24, 2.45) is 0 Å². The van der Waals surface area contributed by atoms with Gasteiger partial charge >= 0.3 is 0 Å². The lowest BCUT2D eigenvalue weighted by molar-refractivity contribution is 0.586. The van der Waals surface area contributed by atoms with Crippen LogP contribution in [0, 0.1) is 13.8 Å². The summed E-state index contributed by atoms with van der Waals surface area (Å²) in [5, 5.41) is 0. The predicted octanol–water partition coefficient (Wildman–Crippen LogP) is 10.7. The number of rotatable bonds is 4. The lowest BCUT2D eigenvalue weighted by Crippen LogP contribution is -2.33. The summed E-state index contributed by atoms with van der Waals surface area (Å²) < 4.78 is 0. The van der Waals surface area contributed by atoms with Crippen LogP contribution in [-0.4, -0.2) is 0 Å². The molecule has 0 heteroatoms. The molecule has 0 fully saturated rings. The van der Waals surface area contributed by atoms with E-state index in [0.29, 0.717) is 0 Å². The van der Waals surface area contributed by atoms with Gasteiger partial charge in [0, 0.05) is 0 Å². The Hall–Kier alpha value is -3.64. The number of benzene rings is 4. The average Bonchev–Trinajstić information content (AvgIpc) is 3.58. The molecule has 0 saturated carbocycles. The molecule has 0 heterocycles. The fourth-order valence-corrected chi connectivity index (χ4v) is 6.86. The van der Waals surface area contributed by atoms with Crippen molar-refractivity contribution >= 4 is 0 Å². The van der Waals surface area contributed by atoms with E-state index in [2.05, 4.69) is 152 Å². The van der Waals surface area contributed by atoms with Crippen LogP contribution in [0.3, 0.4) is 0 Å². The highest BCUT2D eigenvalue weighted by Gasteiger charge is 2.43. The van der Waals surface area contributed by atoms with Crippen molar-refractivity contribution in [1.29, 1.82) is 0 Å². The molecule has 4 aromatic rings. The Bertz CT molecular complexity index is 1630. The van der Waals surface area contributed by atoms with Crippen LogP contribution in [0.15, 0.2) is 103 Å². The molecule has 4 aromatic carbocycles. The molecule has 0 saturated heterocycles. The third kappa shape index (κ3) is 4.62. The summed E-state index contributed by atoms with van der Waals surface area (Å²) in [6.07, 6.45) is 8.89. The summed E-state index contributed by atoms with van der Waals surface area (Å²) in [5.41, 5.74) is 16.5. The maximum atomic E-state index is 2.56. The van der Waals surface area contributed by atoms with Gasteiger partial charge in [0.1, 0.15) is 0 Å².